The van der Waals surface area contributed by atoms with Crippen LogP contribution in [-0.4, -0.2) is 36.8 Å². The Hall–Kier alpha value is -2.46. The first-order chi connectivity index (χ1) is 16.3. The lowest BCUT2D eigenvalue weighted by Gasteiger charge is -2.12. The minimum atomic E-state index is -3.64. The summed E-state index contributed by atoms with van der Waals surface area (Å²) in [6.45, 7) is 2.73. The van der Waals surface area contributed by atoms with Crippen LogP contribution in [0.15, 0.2) is 87.1 Å². The van der Waals surface area contributed by atoms with Crippen LogP contribution in [-0.2, 0) is 16.3 Å². The summed E-state index contributed by atoms with van der Waals surface area (Å²) in [6, 6.07) is 20.4. The highest BCUT2D eigenvalue weighted by molar-refractivity contribution is 7.91. The zero-order valence-corrected chi connectivity index (χ0v) is 22.5. The number of nitrogens with zero attached hydrogens (tertiary/aromatic N) is 2. The SMILES string of the molecule is Cc1nc(-c2ccc(S(=O)(=O)c3ccc(CCNC[C@H](O)c4cccc(Cl)c4)cc3)cc2)no1.Cl.Cl. The third kappa shape index (κ3) is 7.29. The molecule has 4 rings (SSSR count). The van der Waals surface area contributed by atoms with Crippen molar-refractivity contribution in [1.82, 2.24) is 15.5 Å². The number of rotatable bonds is 9. The van der Waals surface area contributed by atoms with Crippen LogP contribution >= 0.6 is 36.4 Å². The Bertz CT molecular complexity index is 1360. The monoisotopic (exact) mass is 569 g/mol. The van der Waals surface area contributed by atoms with Gasteiger partial charge in [-0.1, -0.05) is 41.0 Å². The summed E-state index contributed by atoms with van der Waals surface area (Å²) in [5.41, 5.74) is 2.43. The molecule has 0 aliphatic carbocycles. The second-order valence-electron chi connectivity index (χ2n) is 7.83. The molecule has 0 aliphatic rings. The molecule has 192 valence electrons. The lowest BCUT2D eigenvalue weighted by molar-refractivity contribution is 0.175. The van der Waals surface area contributed by atoms with Gasteiger partial charge in [0.05, 0.1) is 15.9 Å². The number of aromatic nitrogens is 2. The van der Waals surface area contributed by atoms with Gasteiger partial charge in [0.2, 0.25) is 21.6 Å². The van der Waals surface area contributed by atoms with Crippen LogP contribution in [0, 0.1) is 6.92 Å². The summed E-state index contributed by atoms with van der Waals surface area (Å²) in [4.78, 5) is 4.57. The fourth-order valence-corrected chi connectivity index (χ4v) is 4.93. The van der Waals surface area contributed by atoms with E-state index in [0.717, 1.165) is 11.1 Å². The van der Waals surface area contributed by atoms with Gasteiger partial charge in [-0.15, -0.1) is 24.8 Å². The van der Waals surface area contributed by atoms with E-state index in [1.165, 1.54) is 0 Å². The van der Waals surface area contributed by atoms with Gasteiger partial charge in [-0.2, -0.15) is 4.98 Å². The van der Waals surface area contributed by atoms with Crippen LogP contribution in [0.3, 0.4) is 0 Å². The molecule has 1 aromatic heterocycles. The number of aryl methyl sites for hydroxylation is 1. The largest absolute Gasteiger partial charge is 0.387 e. The Morgan fingerprint density at radius 2 is 1.64 bits per heavy atom. The first-order valence-corrected chi connectivity index (χ1v) is 12.6. The Kier molecular flexibility index (Phi) is 10.9. The number of hydrogen-bond donors (Lipinski definition) is 2. The number of halogens is 3. The summed E-state index contributed by atoms with van der Waals surface area (Å²) in [6.07, 6.45) is 0.0446. The molecule has 0 saturated heterocycles. The van der Waals surface area contributed by atoms with Crippen molar-refractivity contribution in [3.63, 3.8) is 0 Å². The van der Waals surface area contributed by atoms with Crippen molar-refractivity contribution in [2.45, 2.75) is 29.2 Å². The van der Waals surface area contributed by atoms with Crippen LogP contribution in [0.5, 0.6) is 0 Å². The van der Waals surface area contributed by atoms with E-state index in [1.54, 1.807) is 73.7 Å². The average Bonchev–Trinajstić information content (AvgIpc) is 3.28. The minimum absolute atomic E-state index is 0. The van der Waals surface area contributed by atoms with Gasteiger partial charge >= 0.3 is 0 Å². The summed E-state index contributed by atoms with van der Waals surface area (Å²) >= 11 is 5.96. The highest BCUT2D eigenvalue weighted by atomic mass is 35.5. The molecule has 0 bridgehead atoms. The van der Waals surface area contributed by atoms with Crippen LogP contribution in [0.25, 0.3) is 11.4 Å². The van der Waals surface area contributed by atoms with Gasteiger partial charge in [-0.25, -0.2) is 8.42 Å². The quantitative estimate of drug-likeness (QED) is 0.265. The molecule has 11 heteroatoms. The van der Waals surface area contributed by atoms with E-state index in [4.69, 9.17) is 16.1 Å². The maximum atomic E-state index is 13.0. The van der Waals surface area contributed by atoms with Crippen LogP contribution in [0.1, 0.15) is 23.1 Å². The van der Waals surface area contributed by atoms with Crippen LogP contribution in [0.2, 0.25) is 5.02 Å². The zero-order chi connectivity index (χ0) is 24.1. The number of sulfone groups is 1. The molecule has 3 aromatic carbocycles. The fourth-order valence-electron chi connectivity index (χ4n) is 3.47. The van der Waals surface area contributed by atoms with E-state index in [-0.39, 0.29) is 34.6 Å². The molecule has 7 nitrogen and oxygen atoms in total. The summed E-state index contributed by atoms with van der Waals surface area (Å²) < 4.78 is 31.0. The van der Waals surface area contributed by atoms with Gasteiger partial charge in [0, 0.05) is 24.1 Å². The number of benzene rings is 3. The van der Waals surface area contributed by atoms with Gasteiger partial charge in [-0.3, -0.25) is 0 Å². The summed E-state index contributed by atoms with van der Waals surface area (Å²) in [7, 11) is -3.64. The van der Waals surface area contributed by atoms with Crippen molar-refractivity contribution in [3.8, 4) is 11.4 Å². The molecule has 0 aliphatic heterocycles. The molecule has 1 heterocycles. The molecule has 0 fully saturated rings. The molecule has 0 spiro atoms. The lowest BCUT2D eigenvalue weighted by Crippen LogP contribution is -2.23. The highest BCUT2D eigenvalue weighted by Gasteiger charge is 2.18. The topological polar surface area (TPSA) is 105 Å². The van der Waals surface area contributed by atoms with Gasteiger partial charge in [0.1, 0.15) is 0 Å². The third-order valence-corrected chi connectivity index (χ3v) is 7.37. The van der Waals surface area contributed by atoms with Crippen LogP contribution < -0.4 is 5.32 Å². The van der Waals surface area contributed by atoms with E-state index in [1.807, 2.05) is 6.07 Å². The number of aliphatic hydroxyl groups excluding tert-OH is 1. The molecule has 4 aromatic rings. The fraction of sp³-hybridized carbons (Fsp3) is 0.200. The molecule has 0 unspecified atom stereocenters. The first-order valence-electron chi connectivity index (χ1n) is 10.7. The van der Waals surface area contributed by atoms with Gasteiger partial charge in [0.25, 0.3) is 0 Å². The van der Waals surface area contributed by atoms with E-state index in [9.17, 15) is 13.5 Å². The van der Waals surface area contributed by atoms with Gasteiger partial charge in [-0.05, 0) is 72.6 Å². The molecule has 0 radical (unpaired) electrons. The highest BCUT2D eigenvalue weighted by Crippen LogP contribution is 2.24. The minimum Gasteiger partial charge on any atom is -0.387 e. The second-order valence-corrected chi connectivity index (χ2v) is 10.2. The van der Waals surface area contributed by atoms with E-state index in [2.05, 4.69) is 15.5 Å². The molecule has 36 heavy (non-hydrogen) atoms. The normalized spacial score (nSPS) is 11.9. The predicted octanol–water partition coefficient (Wildman–Crippen LogP) is 5.24. The number of nitrogens with one attached hydrogen (secondary N) is 1. The maximum Gasteiger partial charge on any atom is 0.223 e. The average molecular weight is 571 g/mol. The number of aliphatic hydroxyl groups is 1. The predicted molar refractivity (Wildman–Crippen MR) is 144 cm³/mol. The first kappa shape index (κ1) is 29.8. The maximum absolute atomic E-state index is 13.0. The Morgan fingerprint density at radius 1 is 1.00 bits per heavy atom. The molecule has 0 amide bonds. The van der Waals surface area contributed by atoms with Crippen molar-refractivity contribution >= 4 is 46.3 Å². The summed E-state index contributed by atoms with van der Waals surface area (Å²) in [5, 5.41) is 17.9. The van der Waals surface area contributed by atoms with Gasteiger partial charge < -0.3 is 14.9 Å². The number of hydrogen-bond acceptors (Lipinski definition) is 7. The smallest absolute Gasteiger partial charge is 0.223 e. The van der Waals surface area contributed by atoms with Crippen molar-refractivity contribution in [3.05, 3.63) is 94.8 Å². The van der Waals surface area contributed by atoms with E-state index < -0.39 is 15.9 Å². The van der Waals surface area contributed by atoms with E-state index in [0.29, 0.717) is 41.8 Å². The Balaban J connectivity index is 0.00000228. The van der Waals surface area contributed by atoms with Crippen molar-refractivity contribution in [2.75, 3.05) is 13.1 Å². The third-order valence-electron chi connectivity index (χ3n) is 5.35. The molecule has 1 atom stereocenters. The second kappa shape index (κ2) is 13.2. The standard InChI is InChI=1S/C25H24ClN3O4S.2ClH/c1-17-28-25(29-33-17)19-7-11-23(12-8-19)34(31,32)22-9-5-18(6-10-22)13-14-27-16-24(30)20-3-2-4-21(26)15-20;;/h2-12,15,24,27,30H,13-14,16H2,1H3;2*1H/t24-;;/m0../s1. The van der Waals surface area contributed by atoms with Crippen LogP contribution in [0.4, 0.5) is 0 Å². The molecule has 0 saturated carbocycles. The Morgan fingerprint density at radius 3 is 2.22 bits per heavy atom. The zero-order valence-electron chi connectivity index (χ0n) is 19.3. The van der Waals surface area contributed by atoms with Crippen molar-refractivity contribution < 1.29 is 18.0 Å². The van der Waals surface area contributed by atoms with Crippen molar-refractivity contribution in [1.29, 1.82) is 0 Å². The molecular weight excluding hydrogens is 545 g/mol. The molecular formula is C25H26Cl3N3O4S. The molecule has 2 N–H and O–H groups in total. The lowest BCUT2D eigenvalue weighted by atomic mass is 10.1. The van der Waals surface area contributed by atoms with Crippen molar-refractivity contribution in [2.24, 2.45) is 0 Å². The summed E-state index contributed by atoms with van der Waals surface area (Å²) in [5.74, 6) is 0.860. The Labute approximate surface area is 227 Å². The van der Waals surface area contributed by atoms with Gasteiger partial charge in [0.15, 0.2) is 0 Å². The van der Waals surface area contributed by atoms with E-state index >= 15 is 0 Å².